The van der Waals surface area contributed by atoms with E-state index < -0.39 is 11.6 Å². The highest BCUT2D eigenvalue weighted by Crippen LogP contribution is 2.27. The topological polar surface area (TPSA) is 110 Å². The summed E-state index contributed by atoms with van der Waals surface area (Å²) in [6.45, 7) is 0.537. The second-order valence-electron chi connectivity index (χ2n) is 7.12. The largest absolute Gasteiger partial charge is 0.487 e. The van der Waals surface area contributed by atoms with Gasteiger partial charge < -0.3 is 9.26 Å². The fourth-order valence-electron chi connectivity index (χ4n) is 3.23. The van der Waals surface area contributed by atoms with Crippen LogP contribution in [0, 0.1) is 11.6 Å². The van der Waals surface area contributed by atoms with Crippen LogP contribution in [0.5, 0.6) is 5.75 Å². The van der Waals surface area contributed by atoms with E-state index in [0.717, 1.165) is 23.3 Å². The Hall–Kier alpha value is -4.48. The molecular formula is C21H16F2N8O2. The van der Waals surface area contributed by atoms with Crippen LogP contribution < -0.4 is 4.74 Å². The number of aromatic nitrogens is 8. The summed E-state index contributed by atoms with van der Waals surface area (Å²) in [5.74, 6) is -1.08. The second kappa shape index (κ2) is 8.57. The Bertz CT molecular complexity index is 1400. The highest BCUT2D eigenvalue weighted by Gasteiger charge is 2.19. The van der Waals surface area contributed by atoms with Gasteiger partial charge in [-0.2, -0.15) is 10.1 Å². The molecule has 0 radical (unpaired) electrons. The summed E-state index contributed by atoms with van der Waals surface area (Å²) in [6, 6.07) is 11.0. The Morgan fingerprint density at radius 2 is 2.00 bits per heavy atom. The van der Waals surface area contributed by atoms with Crippen LogP contribution in [-0.4, -0.2) is 40.1 Å². The summed E-state index contributed by atoms with van der Waals surface area (Å²) in [7, 11) is 1.73. The lowest BCUT2D eigenvalue weighted by molar-refractivity contribution is 0.292. The van der Waals surface area contributed by atoms with E-state index in [-0.39, 0.29) is 18.2 Å². The van der Waals surface area contributed by atoms with Crippen molar-refractivity contribution in [3.63, 3.8) is 0 Å². The number of tetrazole rings is 1. The Labute approximate surface area is 185 Å². The molecule has 0 saturated heterocycles. The number of ether oxygens (including phenoxy) is 1. The van der Waals surface area contributed by atoms with Gasteiger partial charge in [0.2, 0.25) is 5.82 Å². The molecule has 166 valence electrons. The molecule has 0 aliphatic heterocycles. The van der Waals surface area contributed by atoms with Crippen molar-refractivity contribution in [2.75, 3.05) is 0 Å². The minimum Gasteiger partial charge on any atom is -0.487 e. The number of halogens is 2. The first-order valence-corrected chi connectivity index (χ1v) is 9.80. The van der Waals surface area contributed by atoms with Gasteiger partial charge in [0.15, 0.2) is 11.6 Å². The lowest BCUT2D eigenvalue weighted by Crippen LogP contribution is -2.05. The first kappa shape index (κ1) is 20.4. The van der Waals surface area contributed by atoms with Crippen molar-refractivity contribution in [2.45, 2.75) is 13.2 Å². The summed E-state index contributed by atoms with van der Waals surface area (Å²) in [5.41, 5.74) is 2.93. The van der Waals surface area contributed by atoms with Crippen molar-refractivity contribution < 1.29 is 18.0 Å². The van der Waals surface area contributed by atoms with E-state index >= 15 is 0 Å². The number of hydrogen-bond donors (Lipinski definition) is 0. The van der Waals surface area contributed by atoms with Gasteiger partial charge in [0.25, 0.3) is 5.89 Å². The molecule has 0 bridgehead atoms. The molecule has 5 aromatic rings. The van der Waals surface area contributed by atoms with E-state index in [9.17, 15) is 8.78 Å². The van der Waals surface area contributed by atoms with Crippen LogP contribution in [0.1, 0.15) is 11.3 Å². The highest BCUT2D eigenvalue weighted by molar-refractivity contribution is 5.61. The summed E-state index contributed by atoms with van der Waals surface area (Å²) in [4.78, 5) is 4.50. The van der Waals surface area contributed by atoms with Gasteiger partial charge in [-0.25, -0.2) is 13.5 Å². The van der Waals surface area contributed by atoms with Crippen molar-refractivity contribution >= 4 is 0 Å². The Kier molecular flexibility index (Phi) is 5.30. The van der Waals surface area contributed by atoms with Gasteiger partial charge in [-0.05, 0) is 34.2 Å². The zero-order chi connectivity index (χ0) is 22.8. The third-order valence-electron chi connectivity index (χ3n) is 4.91. The highest BCUT2D eigenvalue weighted by atomic mass is 19.2. The summed E-state index contributed by atoms with van der Waals surface area (Å²) in [5, 5.41) is 19.4. The minimum atomic E-state index is -0.985. The molecule has 0 N–H and O–H groups in total. The first-order chi connectivity index (χ1) is 16.1. The molecule has 0 aliphatic carbocycles. The zero-order valence-corrected chi connectivity index (χ0v) is 17.3. The Morgan fingerprint density at radius 1 is 1.09 bits per heavy atom. The van der Waals surface area contributed by atoms with Gasteiger partial charge in [-0.1, -0.05) is 23.4 Å². The van der Waals surface area contributed by atoms with E-state index in [0.29, 0.717) is 23.6 Å². The maximum Gasteiger partial charge on any atom is 0.261 e. The average Bonchev–Trinajstić information content (AvgIpc) is 3.56. The van der Waals surface area contributed by atoms with Crippen LogP contribution in [0.2, 0.25) is 0 Å². The van der Waals surface area contributed by atoms with E-state index in [4.69, 9.17) is 9.26 Å². The van der Waals surface area contributed by atoms with E-state index in [1.807, 2.05) is 24.3 Å². The van der Waals surface area contributed by atoms with Crippen LogP contribution in [0.3, 0.4) is 0 Å². The fourth-order valence-corrected chi connectivity index (χ4v) is 3.23. The van der Waals surface area contributed by atoms with Gasteiger partial charge >= 0.3 is 0 Å². The Balaban J connectivity index is 1.36. The molecule has 33 heavy (non-hydrogen) atoms. The number of rotatable bonds is 7. The average molecular weight is 450 g/mol. The molecule has 2 aromatic carbocycles. The molecule has 10 nitrogen and oxygen atoms in total. The number of aryl methyl sites for hydroxylation is 1. The van der Waals surface area contributed by atoms with E-state index in [1.165, 1.54) is 12.4 Å². The molecular weight excluding hydrogens is 434 g/mol. The molecule has 12 heteroatoms. The summed E-state index contributed by atoms with van der Waals surface area (Å²) < 4.78 is 40.9. The SMILES string of the molecule is Cn1ncc(-c2nc(-c3cccc(Cn4cnnn4)c3)no2)c1COc1ccc(F)c(F)c1. The Morgan fingerprint density at radius 3 is 2.82 bits per heavy atom. The van der Waals surface area contributed by atoms with Crippen LogP contribution in [0.4, 0.5) is 8.78 Å². The van der Waals surface area contributed by atoms with Crippen LogP contribution >= 0.6 is 0 Å². The lowest BCUT2D eigenvalue weighted by Gasteiger charge is -2.08. The molecule has 5 rings (SSSR count). The van der Waals surface area contributed by atoms with Gasteiger partial charge in [0, 0.05) is 18.7 Å². The number of benzene rings is 2. The van der Waals surface area contributed by atoms with Gasteiger partial charge in [-0.15, -0.1) is 5.10 Å². The predicted octanol–water partition coefficient (Wildman–Crippen LogP) is 3.03. The van der Waals surface area contributed by atoms with E-state index in [2.05, 4.69) is 30.8 Å². The van der Waals surface area contributed by atoms with Gasteiger partial charge in [0.1, 0.15) is 18.7 Å². The maximum atomic E-state index is 13.4. The quantitative estimate of drug-likeness (QED) is 0.372. The third-order valence-corrected chi connectivity index (χ3v) is 4.91. The maximum absolute atomic E-state index is 13.4. The van der Waals surface area contributed by atoms with E-state index in [1.54, 1.807) is 22.6 Å². The second-order valence-corrected chi connectivity index (χ2v) is 7.12. The van der Waals surface area contributed by atoms with Gasteiger partial charge in [0.05, 0.1) is 24.0 Å². The molecule has 0 saturated carbocycles. The normalized spacial score (nSPS) is 11.1. The van der Waals surface area contributed by atoms with Crippen molar-refractivity contribution in [1.29, 1.82) is 0 Å². The first-order valence-electron chi connectivity index (χ1n) is 9.80. The third kappa shape index (κ3) is 4.31. The van der Waals surface area contributed by atoms with Crippen LogP contribution in [0.15, 0.2) is 59.5 Å². The summed E-state index contributed by atoms with van der Waals surface area (Å²) in [6.07, 6.45) is 3.11. The van der Waals surface area contributed by atoms with Crippen LogP contribution in [0.25, 0.3) is 22.8 Å². The van der Waals surface area contributed by atoms with Crippen molar-refractivity contribution in [3.05, 3.63) is 77.9 Å². The molecule has 0 atom stereocenters. The van der Waals surface area contributed by atoms with Crippen molar-refractivity contribution in [3.8, 4) is 28.6 Å². The predicted molar refractivity (Wildman–Crippen MR) is 110 cm³/mol. The molecule has 0 fully saturated rings. The minimum absolute atomic E-state index is 0.0377. The zero-order valence-electron chi connectivity index (χ0n) is 17.3. The van der Waals surface area contributed by atoms with Crippen molar-refractivity contribution in [1.82, 2.24) is 40.1 Å². The molecule has 0 unspecified atom stereocenters. The molecule has 0 amide bonds. The monoisotopic (exact) mass is 450 g/mol. The molecule has 0 aliphatic rings. The smallest absolute Gasteiger partial charge is 0.261 e. The number of hydrogen-bond acceptors (Lipinski definition) is 8. The van der Waals surface area contributed by atoms with Gasteiger partial charge in [-0.3, -0.25) is 4.68 Å². The lowest BCUT2D eigenvalue weighted by atomic mass is 10.1. The number of nitrogens with zero attached hydrogens (tertiary/aromatic N) is 8. The summed E-state index contributed by atoms with van der Waals surface area (Å²) >= 11 is 0. The molecule has 0 spiro atoms. The van der Waals surface area contributed by atoms with Crippen molar-refractivity contribution in [2.24, 2.45) is 7.05 Å². The fraction of sp³-hybridized carbons (Fsp3) is 0.143. The molecule has 3 heterocycles. The standard InChI is InChI=1S/C21H16F2N8O2/c1-30-19(11-32-15-5-6-17(22)18(23)8-15)16(9-25-30)21-26-20(27-33-21)14-4-2-3-13(7-14)10-31-12-24-28-29-31/h2-9,12H,10-11H2,1H3. The molecule has 3 aromatic heterocycles. The van der Waals surface area contributed by atoms with Crippen LogP contribution in [-0.2, 0) is 20.2 Å².